The fourth-order valence-corrected chi connectivity index (χ4v) is 4.85. The number of anilines is 2. The number of para-hydroxylation sites is 1. The maximum absolute atomic E-state index is 13.5. The Hall–Kier alpha value is -4.13. The van der Waals surface area contributed by atoms with Gasteiger partial charge >= 0.3 is 0 Å². The molecule has 3 aliphatic rings. The van der Waals surface area contributed by atoms with Gasteiger partial charge in [0, 0.05) is 29.8 Å². The molecule has 0 aromatic heterocycles. The fraction of sp³-hybridized carbons (Fsp3) is 0.192. The number of nitrogen functional groups attached to an aromatic ring is 1. The van der Waals surface area contributed by atoms with Crippen LogP contribution in [-0.4, -0.2) is 36.3 Å². The molecule has 0 radical (unpaired) electrons. The number of aliphatic imine (C=N–C) groups is 1. The number of ether oxygens (including phenoxy) is 1. The maximum Gasteiger partial charge on any atom is 0.272 e. The quantitative estimate of drug-likeness (QED) is 0.614. The first-order valence-corrected chi connectivity index (χ1v) is 11.0. The monoisotopic (exact) mass is 438 g/mol. The van der Waals surface area contributed by atoms with E-state index in [1.165, 1.54) is 0 Å². The third-order valence-corrected chi connectivity index (χ3v) is 6.36. The molecule has 3 N–H and O–H groups in total. The van der Waals surface area contributed by atoms with Crippen molar-refractivity contribution >= 4 is 28.9 Å². The van der Waals surface area contributed by atoms with Gasteiger partial charge in [-0.3, -0.25) is 9.59 Å². The lowest BCUT2D eigenvalue weighted by molar-refractivity contribution is -0.131. The lowest BCUT2D eigenvalue weighted by Gasteiger charge is -2.22. The summed E-state index contributed by atoms with van der Waals surface area (Å²) in [5.74, 6) is 0.0885. The largest absolute Gasteiger partial charge is 0.480 e. The molecule has 0 saturated carbocycles. The van der Waals surface area contributed by atoms with Gasteiger partial charge in [-0.1, -0.05) is 48.5 Å². The Labute approximate surface area is 190 Å². The minimum absolute atomic E-state index is 0.255. The van der Waals surface area contributed by atoms with E-state index < -0.39 is 12.3 Å². The summed E-state index contributed by atoms with van der Waals surface area (Å²) in [5, 5.41) is 2.85. The van der Waals surface area contributed by atoms with Gasteiger partial charge in [0.1, 0.15) is 5.75 Å². The van der Waals surface area contributed by atoms with Crippen LogP contribution in [-0.2, 0) is 22.4 Å². The smallest absolute Gasteiger partial charge is 0.272 e. The lowest BCUT2D eigenvalue weighted by Crippen LogP contribution is -2.50. The molecule has 3 aromatic rings. The average molecular weight is 438 g/mol. The Kier molecular flexibility index (Phi) is 4.43. The number of amides is 2. The number of hydrogen-bond donors (Lipinski definition) is 2. The highest BCUT2D eigenvalue weighted by molar-refractivity contribution is 6.21. The van der Waals surface area contributed by atoms with Crippen molar-refractivity contribution in [3.8, 4) is 5.75 Å². The number of benzene rings is 3. The summed E-state index contributed by atoms with van der Waals surface area (Å²) in [4.78, 5) is 33.2. The van der Waals surface area contributed by atoms with Gasteiger partial charge in [-0.2, -0.15) is 0 Å². The van der Waals surface area contributed by atoms with Gasteiger partial charge in [-0.25, -0.2) is 4.99 Å². The molecule has 3 aliphatic heterocycles. The molecule has 2 atom stereocenters. The van der Waals surface area contributed by atoms with Crippen LogP contribution in [0.3, 0.4) is 0 Å². The van der Waals surface area contributed by atoms with E-state index in [9.17, 15) is 9.59 Å². The van der Waals surface area contributed by atoms with E-state index in [-0.39, 0.29) is 11.8 Å². The molecule has 2 amide bonds. The number of rotatable bonds is 3. The maximum atomic E-state index is 13.5. The van der Waals surface area contributed by atoms with E-state index in [1.807, 2.05) is 66.7 Å². The number of nitrogens with two attached hydrogens (primary N) is 1. The van der Waals surface area contributed by atoms with E-state index >= 15 is 0 Å². The highest BCUT2D eigenvalue weighted by Gasteiger charge is 2.39. The van der Waals surface area contributed by atoms with Crippen molar-refractivity contribution in [3.05, 3.63) is 89.0 Å². The molecule has 2 unspecified atom stereocenters. The van der Waals surface area contributed by atoms with Crippen molar-refractivity contribution in [2.24, 2.45) is 4.99 Å². The first kappa shape index (κ1) is 19.5. The number of hydrogen-bond acceptors (Lipinski definition) is 5. The van der Waals surface area contributed by atoms with Gasteiger partial charge in [-0.05, 0) is 35.7 Å². The predicted molar refractivity (Wildman–Crippen MR) is 125 cm³/mol. The van der Waals surface area contributed by atoms with Gasteiger partial charge in [0.15, 0.2) is 6.10 Å². The highest BCUT2D eigenvalue weighted by Crippen LogP contribution is 2.38. The van der Waals surface area contributed by atoms with E-state index in [0.717, 1.165) is 27.9 Å². The van der Waals surface area contributed by atoms with Crippen LogP contribution < -0.4 is 20.7 Å². The van der Waals surface area contributed by atoms with E-state index in [4.69, 9.17) is 15.5 Å². The fourth-order valence-electron chi connectivity index (χ4n) is 4.85. The molecule has 0 spiro atoms. The molecule has 7 heteroatoms. The highest BCUT2D eigenvalue weighted by atomic mass is 16.5. The summed E-state index contributed by atoms with van der Waals surface area (Å²) >= 11 is 0. The second-order valence-corrected chi connectivity index (χ2v) is 8.49. The van der Waals surface area contributed by atoms with Gasteiger partial charge in [0.05, 0.1) is 11.4 Å². The van der Waals surface area contributed by atoms with Crippen LogP contribution in [0.2, 0.25) is 0 Å². The summed E-state index contributed by atoms with van der Waals surface area (Å²) in [6.07, 6.45) is -0.577. The molecule has 0 bridgehead atoms. The van der Waals surface area contributed by atoms with Crippen LogP contribution in [0.4, 0.5) is 11.4 Å². The molecule has 3 heterocycles. The molecular formula is C26H22N4O3. The second-order valence-electron chi connectivity index (χ2n) is 8.49. The third kappa shape index (κ3) is 3.24. The average Bonchev–Trinajstić information content (AvgIpc) is 3.43. The molecule has 7 nitrogen and oxygen atoms in total. The Morgan fingerprint density at radius 2 is 1.85 bits per heavy atom. The van der Waals surface area contributed by atoms with Crippen molar-refractivity contribution in [1.82, 2.24) is 5.32 Å². The van der Waals surface area contributed by atoms with Crippen LogP contribution in [0.15, 0.2) is 71.7 Å². The van der Waals surface area contributed by atoms with Crippen molar-refractivity contribution < 1.29 is 14.3 Å². The summed E-state index contributed by atoms with van der Waals surface area (Å²) in [6, 6.07) is 21.0. The Bertz CT molecular complexity index is 1290. The van der Waals surface area contributed by atoms with Gasteiger partial charge < -0.3 is 20.7 Å². The van der Waals surface area contributed by atoms with Crippen molar-refractivity contribution in [3.63, 3.8) is 0 Å². The molecular weight excluding hydrogens is 416 g/mol. The van der Waals surface area contributed by atoms with Crippen LogP contribution in [0.25, 0.3) is 0 Å². The first-order chi connectivity index (χ1) is 16.1. The third-order valence-electron chi connectivity index (χ3n) is 6.36. The summed E-state index contributed by atoms with van der Waals surface area (Å²) in [7, 11) is 0. The van der Waals surface area contributed by atoms with Crippen molar-refractivity contribution in [1.29, 1.82) is 0 Å². The predicted octanol–water partition coefficient (Wildman–Crippen LogP) is 2.45. The van der Waals surface area contributed by atoms with Gasteiger partial charge in [0.2, 0.25) is 6.17 Å². The second kappa shape index (κ2) is 7.48. The standard InChI is InChI=1S/C26H22N4O3/c27-18-12-17-10-11-30-23(17)19(14-18)22(15-6-2-1-3-7-15)28-24(26(30)32)29-25(31)21-13-16-8-4-5-9-20(16)33-21/h1-9,12,14,21,24H,10-11,13,27H2,(H,29,31). The molecule has 0 saturated heterocycles. The minimum atomic E-state index is -1.06. The Morgan fingerprint density at radius 1 is 1.06 bits per heavy atom. The molecule has 3 aromatic carbocycles. The van der Waals surface area contributed by atoms with Crippen LogP contribution in [0.1, 0.15) is 22.3 Å². The Morgan fingerprint density at radius 3 is 2.67 bits per heavy atom. The first-order valence-electron chi connectivity index (χ1n) is 11.0. The zero-order chi connectivity index (χ0) is 22.5. The summed E-state index contributed by atoms with van der Waals surface area (Å²) < 4.78 is 5.83. The SMILES string of the molecule is Nc1cc2c3c(c1)C(c1ccccc1)=NC(NC(=O)C1Cc4ccccc4O1)C(=O)N3CC2. The minimum Gasteiger partial charge on any atom is -0.480 e. The van der Waals surface area contributed by atoms with Crippen LogP contribution >= 0.6 is 0 Å². The molecule has 6 rings (SSSR count). The molecule has 0 aliphatic carbocycles. The number of nitrogens with zero attached hydrogens (tertiary/aromatic N) is 2. The zero-order valence-electron chi connectivity index (χ0n) is 17.8. The molecule has 0 fully saturated rings. The molecule has 33 heavy (non-hydrogen) atoms. The zero-order valence-corrected chi connectivity index (χ0v) is 17.8. The number of carbonyl (C=O) groups excluding carboxylic acids is 2. The topological polar surface area (TPSA) is 97.0 Å². The summed E-state index contributed by atoms with van der Waals surface area (Å²) in [6.45, 7) is 0.528. The summed E-state index contributed by atoms with van der Waals surface area (Å²) in [5.41, 5.74) is 12.0. The number of fused-ring (bicyclic) bond motifs is 1. The van der Waals surface area contributed by atoms with E-state index in [0.29, 0.717) is 36.5 Å². The van der Waals surface area contributed by atoms with Crippen LogP contribution in [0.5, 0.6) is 5.75 Å². The van der Waals surface area contributed by atoms with Crippen LogP contribution in [0, 0.1) is 0 Å². The lowest BCUT2D eigenvalue weighted by atomic mass is 9.97. The number of nitrogens with one attached hydrogen (secondary N) is 1. The molecule has 164 valence electrons. The van der Waals surface area contributed by atoms with E-state index in [2.05, 4.69) is 5.32 Å². The van der Waals surface area contributed by atoms with Gasteiger partial charge in [-0.15, -0.1) is 0 Å². The van der Waals surface area contributed by atoms with Gasteiger partial charge in [0.25, 0.3) is 11.8 Å². The van der Waals surface area contributed by atoms with Crippen molar-refractivity contribution in [2.75, 3.05) is 17.2 Å². The van der Waals surface area contributed by atoms with Crippen molar-refractivity contribution in [2.45, 2.75) is 25.1 Å². The Balaban J connectivity index is 1.39. The normalized spacial score (nSPS) is 20.4. The van der Waals surface area contributed by atoms with E-state index in [1.54, 1.807) is 4.90 Å². The number of carbonyl (C=O) groups is 2.